The van der Waals surface area contributed by atoms with E-state index in [0.29, 0.717) is 19.2 Å². The summed E-state index contributed by atoms with van der Waals surface area (Å²) < 4.78 is 5.60. The summed E-state index contributed by atoms with van der Waals surface area (Å²) in [5.41, 5.74) is 1.11. The van der Waals surface area contributed by atoms with Gasteiger partial charge in [-0.1, -0.05) is 19.1 Å². The summed E-state index contributed by atoms with van der Waals surface area (Å²) in [6.45, 7) is 3.58. The standard InChI is InChI=1S/C15H21NO3/c1-2-8-19-14-5-3-4-12(9-14)10-16(11-15(17)18)13-6-7-13/h3-5,9,13H,2,6-8,10-11H2,1H3,(H,17,18). The van der Waals surface area contributed by atoms with E-state index in [1.54, 1.807) is 0 Å². The summed E-state index contributed by atoms with van der Waals surface area (Å²) in [6, 6.07) is 8.38. The average molecular weight is 263 g/mol. The molecule has 0 unspecified atom stereocenters. The number of rotatable bonds is 8. The van der Waals surface area contributed by atoms with Gasteiger partial charge in [-0.05, 0) is 37.0 Å². The zero-order valence-electron chi connectivity index (χ0n) is 11.3. The van der Waals surface area contributed by atoms with Crippen molar-refractivity contribution in [3.63, 3.8) is 0 Å². The molecule has 1 aromatic rings. The highest BCUT2D eigenvalue weighted by molar-refractivity contribution is 5.69. The first-order chi connectivity index (χ1) is 9.19. The van der Waals surface area contributed by atoms with Crippen molar-refractivity contribution in [2.24, 2.45) is 0 Å². The smallest absolute Gasteiger partial charge is 0.317 e. The summed E-state index contributed by atoms with van der Waals surface area (Å²) in [5, 5.41) is 8.94. The molecule has 0 bridgehead atoms. The van der Waals surface area contributed by atoms with Gasteiger partial charge >= 0.3 is 5.97 Å². The number of ether oxygens (including phenoxy) is 1. The maximum Gasteiger partial charge on any atom is 0.317 e. The fraction of sp³-hybridized carbons (Fsp3) is 0.533. The molecule has 0 radical (unpaired) electrons. The Balaban J connectivity index is 1.97. The van der Waals surface area contributed by atoms with Crippen molar-refractivity contribution in [2.75, 3.05) is 13.2 Å². The minimum Gasteiger partial charge on any atom is -0.494 e. The number of hydrogen-bond acceptors (Lipinski definition) is 3. The van der Waals surface area contributed by atoms with Crippen LogP contribution in [-0.4, -0.2) is 35.2 Å². The molecule has 0 aliphatic heterocycles. The first-order valence-corrected chi connectivity index (χ1v) is 6.86. The van der Waals surface area contributed by atoms with Crippen LogP contribution in [0.4, 0.5) is 0 Å². The van der Waals surface area contributed by atoms with Gasteiger partial charge < -0.3 is 9.84 Å². The third-order valence-corrected chi connectivity index (χ3v) is 3.16. The minimum absolute atomic E-state index is 0.116. The minimum atomic E-state index is -0.759. The Labute approximate surface area is 114 Å². The molecule has 1 N–H and O–H groups in total. The third kappa shape index (κ3) is 4.56. The van der Waals surface area contributed by atoms with E-state index in [1.165, 1.54) is 0 Å². The number of carboxylic acids is 1. The van der Waals surface area contributed by atoms with Gasteiger partial charge in [-0.25, -0.2) is 0 Å². The lowest BCUT2D eigenvalue weighted by Gasteiger charge is -2.20. The molecule has 104 valence electrons. The van der Waals surface area contributed by atoms with Crippen LogP contribution in [-0.2, 0) is 11.3 Å². The monoisotopic (exact) mass is 263 g/mol. The molecule has 1 saturated carbocycles. The van der Waals surface area contributed by atoms with E-state index in [1.807, 2.05) is 29.2 Å². The normalized spacial score (nSPS) is 14.6. The van der Waals surface area contributed by atoms with Gasteiger partial charge in [0.15, 0.2) is 0 Å². The first kappa shape index (κ1) is 13.9. The van der Waals surface area contributed by atoms with Gasteiger partial charge in [0.05, 0.1) is 13.2 Å². The lowest BCUT2D eigenvalue weighted by molar-refractivity contribution is -0.138. The Kier molecular flexibility index (Phi) is 4.80. The summed E-state index contributed by atoms with van der Waals surface area (Å²) in [5.74, 6) is 0.107. The van der Waals surface area contributed by atoms with Crippen molar-refractivity contribution in [1.82, 2.24) is 4.90 Å². The first-order valence-electron chi connectivity index (χ1n) is 6.86. The largest absolute Gasteiger partial charge is 0.494 e. The van der Waals surface area contributed by atoms with E-state index in [2.05, 4.69) is 6.92 Å². The van der Waals surface area contributed by atoms with Crippen molar-refractivity contribution in [2.45, 2.75) is 38.8 Å². The van der Waals surface area contributed by atoms with E-state index in [0.717, 1.165) is 30.6 Å². The molecular formula is C15H21NO3. The highest BCUT2D eigenvalue weighted by Gasteiger charge is 2.30. The van der Waals surface area contributed by atoms with Gasteiger partial charge in [-0.2, -0.15) is 0 Å². The average Bonchev–Trinajstić information content (AvgIpc) is 3.20. The molecule has 1 fully saturated rings. The third-order valence-electron chi connectivity index (χ3n) is 3.16. The zero-order valence-corrected chi connectivity index (χ0v) is 11.3. The van der Waals surface area contributed by atoms with E-state index in [4.69, 9.17) is 9.84 Å². The molecule has 0 amide bonds. The molecule has 19 heavy (non-hydrogen) atoms. The van der Waals surface area contributed by atoms with Crippen LogP contribution in [0, 0.1) is 0 Å². The van der Waals surface area contributed by atoms with E-state index < -0.39 is 5.97 Å². The fourth-order valence-electron chi connectivity index (χ4n) is 2.12. The molecule has 2 rings (SSSR count). The van der Waals surface area contributed by atoms with Gasteiger partial charge in [0.2, 0.25) is 0 Å². The summed E-state index contributed by atoms with van der Waals surface area (Å²) >= 11 is 0. The predicted molar refractivity (Wildman–Crippen MR) is 73.3 cm³/mol. The SMILES string of the molecule is CCCOc1cccc(CN(CC(=O)O)C2CC2)c1. The van der Waals surface area contributed by atoms with Gasteiger partial charge in [0.25, 0.3) is 0 Å². The van der Waals surface area contributed by atoms with Crippen LogP contribution in [0.1, 0.15) is 31.7 Å². The lowest BCUT2D eigenvalue weighted by Crippen LogP contribution is -2.31. The summed E-state index contributed by atoms with van der Waals surface area (Å²) in [6.07, 6.45) is 3.20. The molecule has 0 aromatic heterocycles. The van der Waals surface area contributed by atoms with Crippen molar-refractivity contribution in [1.29, 1.82) is 0 Å². The van der Waals surface area contributed by atoms with Crippen LogP contribution >= 0.6 is 0 Å². The Bertz CT molecular complexity index is 429. The molecule has 1 aliphatic carbocycles. The summed E-state index contributed by atoms with van der Waals surface area (Å²) in [7, 11) is 0. The van der Waals surface area contributed by atoms with Gasteiger partial charge in [-0.3, -0.25) is 9.69 Å². The van der Waals surface area contributed by atoms with Crippen LogP contribution < -0.4 is 4.74 Å². The van der Waals surface area contributed by atoms with Crippen molar-refractivity contribution < 1.29 is 14.6 Å². The Hall–Kier alpha value is -1.55. The zero-order chi connectivity index (χ0) is 13.7. The fourth-order valence-corrected chi connectivity index (χ4v) is 2.12. The van der Waals surface area contributed by atoms with Gasteiger partial charge in [0, 0.05) is 12.6 Å². The topological polar surface area (TPSA) is 49.8 Å². The Morgan fingerprint density at radius 2 is 2.26 bits per heavy atom. The molecular weight excluding hydrogens is 242 g/mol. The van der Waals surface area contributed by atoms with Crippen LogP contribution in [0.25, 0.3) is 0 Å². The van der Waals surface area contributed by atoms with Crippen molar-refractivity contribution >= 4 is 5.97 Å². The molecule has 4 heteroatoms. The number of benzene rings is 1. The van der Waals surface area contributed by atoms with Crippen molar-refractivity contribution in [3.05, 3.63) is 29.8 Å². The Morgan fingerprint density at radius 1 is 1.47 bits per heavy atom. The van der Waals surface area contributed by atoms with E-state index in [-0.39, 0.29) is 6.54 Å². The van der Waals surface area contributed by atoms with Gasteiger partial charge in [-0.15, -0.1) is 0 Å². The van der Waals surface area contributed by atoms with Gasteiger partial charge in [0.1, 0.15) is 5.75 Å². The van der Waals surface area contributed by atoms with Crippen LogP contribution in [0.15, 0.2) is 24.3 Å². The molecule has 1 aromatic carbocycles. The molecule has 0 atom stereocenters. The second-order valence-electron chi connectivity index (χ2n) is 5.03. The molecule has 1 aliphatic rings. The quantitative estimate of drug-likeness (QED) is 0.783. The molecule has 0 spiro atoms. The van der Waals surface area contributed by atoms with E-state index >= 15 is 0 Å². The number of aliphatic carboxylic acids is 1. The maximum atomic E-state index is 10.9. The molecule has 0 saturated heterocycles. The lowest BCUT2D eigenvalue weighted by atomic mass is 10.2. The van der Waals surface area contributed by atoms with Crippen molar-refractivity contribution in [3.8, 4) is 5.75 Å². The summed E-state index contributed by atoms with van der Waals surface area (Å²) in [4.78, 5) is 12.9. The highest BCUT2D eigenvalue weighted by atomic mass is 16.5. The predicted octanol–water partition coefficient (Wildman–Crippen LogP) is 2.52. The van der Waals surface area contributed by atoms with Crippen LogP contribution in [0.3, 0.4) is 0 Å². The van der Waals surface area contributed by atoms with E-state index in [9.17, 15) is 4.79 Å². The maximum absolute atomic E-state index is 10.9. The van der Waals surface area contributed by atoms with Crippen LogP contribution in [0.5, 0.6) is 5.75 Å². The second kappa shape index (κ2) is 6.57. The number of nitrogens with zero attached hydrogens (tertiary/aromatic N) is 1. The Morgan fingerprint density at radius 3 is 2.89 bits per heavy atom. The molecule has 0 heterocycles. The second-order valence-corrected chi connectivity index (χ2v) is 5.03. The molecule has 4 nitrogen and oxygen atoms in total. The highest BCUT2D eigenvalue weighted by Crippen LogP contribution is 2.28. The number of carboxylic acid groups (broad SMARTS) is 1. The number of hydrogen-bond donors (Lipinski definition) is 1. The van der Waals surface area contributed by atoms with Crippen LogP contribution in [0.2, 0.25) is 0 Å². The number of carbonyl (C=O) groups is 1.